The molecule has 2 rings (SSSR count). The van der Waals surface area contributed by atoms with Crippen LogP contribution in [0.15, 0.2) is 35.9 Å². The summed E-state index contributed by atoms with van der Waals surface area (Å²) in [4.78, 5) is 11.9. The second-order valence-corrected chi connectivity index (χ2v) is 4.16. The molecule has 0 unspecified atom stereocenters. The molecule has 1 aromatic rings. The Kier molecular flexibility index (Phi) is 3.81. The summed E-state index contributed by atoms with van der Waals surface area (Å²) in [7, 11) is 1.63. The summed E-state index contributed by atoms with van der Waals surface area (Å²) < 4.78 is 5.07. The third-order valence-electron chi connectivity index (χ3n) is 2.93. The van der Waals surface area contributed by atoms with Crippen molar-refractivity contribution in [3.63, 3.8) is 0 Å². The smallest absolute Gasteiger partial charge is 0.251 e. The highest BCUT2D eigenvalue weighted by Gasteiger charge is 2.12. The van der Waals surface area contributed by atoms with Crippen LogP contribution >= 0.6 is 0 Å². The Morgan fingerprint density at radius 1 is 1.24 bits per heavy atom. The van der Waals surface area contributed by atoms with Crippen LogP contribution in [0, 0.1) is 0 Å². The number of amides is 1. The highest BCUT2D eigenvalue weighted by atomic mass is 16.5. The number of carbonyl (C=O) groups excluding carboxylic acids is 1. The Bertz CT molecular complexity index is 420. The summed E-state index contributed by atoms with van der Waals surface area (Å²) >= 11 is 0. The minimum atomic E-state index is 0.0230. The fourth-order valence-electron chi connectivity index (χ4n) is 1.93. The maximum Gasteiger partial charge on any atom is 0.251 e. The molecule has 0 aromatic heterocycles. The average molecular weight is 231 g/mol. The molecule has 1 aliphatic carbocycles. The first-order chi connectivity index (χ1) is 8.29. The van der Waals surface area contributed by atoms with Crippen LogP contribution in [0.1, 0.15) is 25.7 Å². The number of benzene rings is 1. The highest BCUT2D eigenvalue weighted by Crippen LogP contribution is 2.20. The van der Waals surface area contributed by atoms with Crippen molar-refractivity contribution in [2.24, 2.45) is 0 Å². The number of anilines is 1. The lowest BCUT2D eigenvalue weighted by Crippen LogP contribution is -2.15. The van der Waals surface area contributed by atoms with Gasteiger partial charge < -0.3 is 10.1 Å². The number of hydrogen-bond donors (Lipinski definition) is 1. The largest absolute Gasteiger partial charge is 0.497 e. The first-order valence-corrected chi connectivity index (χ1v) is 5.94. The molecule has 1 aromatic carbocycles. The van der Waals surface area contributed by atoms with Crippen molar-refractivity contribution >= 4 is 11.6 Å². The van der Waals surface area contributed by atoms with E-state index in [2.05, 4.69) is 5.32 Å². The van der Waals surface area contributed by atoms with Crippen LogP contribution in [0.25, 0.3) is 0 Å². The van der Waals surface area contributed by atoms with E-state index >= 15 is 0 Å². The Balaban J connectivity index is 1.99. The van der Waals surface area contributed by atoms with Crippen molar-refractivity contribution < 1.29 is 9.53 Å². The zero-order valence-electron chi connectivity index (χ0n) is 10.0. The van der Waals surface area contributed by atoms with Gasteiger partial charge in [0.15, 0.2) is 0 Å². The van der Waals surface area contributed by atoms with Crippen molar-refractivity contribution in [3.05, 3.63) is 35.9 Å². The molecule has 3 heteroatoms. The van der Waals surface area contributed by atoms with Gasteiger partial charge in [0, 0.05) is 11.3 Å². The van der Waals surface area contributed by atoms with Crippen molar-refractivity contribution in [3.8, 4) is 5.75 Å². The van der Waals surface area contributed by atoms with Gasteiger partial charge in [0.1, 0.15) is 5.75 Å². The van der Waals surface area contributed by atoms with E-state index in [-0.39, 0.29) is 5.91 Å². The van der Waals surface area contributed by atoms with Gasteiger partial charge in [0.25, 0.3) is 5.91 Å². The van der Waals surface area contributed by atoms with Crippen LogP contribution in [-0.2, 0) is 4.79 Å². The van der Waals surface area contributed by atoms with E-state index in [4.69, 9.17) is 4.74 Å². The Labute approximate surface area is 101 Å². The zero-order valence-corrected chi connectivity index (χ0v) is 10.0. The molecule has 0 fully saturated rings. The second-order valence-electron chi connectivity index (χ2n) is 4.16. The number of methoxy groups -OCH3 is 1. The predicted molar refractivity (Wildman–Crippen MR) is 68.2 cm³/mol. The molecule has 0 saturated carbocycles. The van der Waals surface area contributed by atoms with Crippen LogP contribution in [0.4, 0.5) is 5.69 Å². The molecule has 1 N–H and O–H groups in total. The predicted octanol–water partition coefficient (Wildman–Crippen LogP) is 3.13. The molecule has 0 radical (unpaired) electrons. The number of ether oxygens (including phenoxy) is 1. The quantitative estimate of drug-likeness (QED) is 0.867. The van der Waals surface area contributed by atoms with Gasteiger partial charge in [-0.1, -0.05) is 6.08 Å². The van der Waals surface area contributed by atoms with Gasteiger partial charge in [0.2, 0.25) is 0 Å². The van der Waals surface area contributed by atoms with Crippen molar-refractivity contribution in [2.45, 2.75) is 25.7 Å². The molecule has 1 aliphatic rings. The fraction of sp³-hybridized carbons (Fsp3) is 0.357. The second kappa shape index (κ2) is 5.53. The molecular formula is C14H17NO2. The summed E-state index contributed by atoms with van der Waals surface area (Å²) in [5, 5.41) is 2.90. The number of allylic oxidation sites excluding steroid dienone is 1. The van der Waals surface area contributed by atoms with Crippen molar-refractivity contribution in [1.29, 1.82) is 0 Å². The van der Waals surface area contributed by atoms with Gasteiger partial charge in [-0.3, -0.25) is 4.79 Å². The van der Waals surface area contributed by atoms with Gasteiger partial charge in [-0.2, -0.15) is 0 Å². The highest BCUT2D eigenvalue weighted by molar-refractivity contribution is 6.03. The van der Waals surface area contributed by atoms with Crippen LogP contribution in [0.2, 0.25) is 0 Å². The maximum atomic E-state index is 11.9. The van der Waals surface area contributed by atoms with Gasteiger partial charge in [-0.25, -0.2) is 0 Å². The fourth-order valence-corrected chi connectivity index (χ4v) is 1.93. The monoisotopic (exact) mass is 231 g/mol. The molecule has 1 amide bonds. The van der Waals surface area contributed by atoms with Gasteiger partial charge >= 0.3 is 0 Å². The normalized spacial score (nSPS) is 15.0. The molecular weight excluding hydrogens is 214 g/mol. The third kappa shape index (κ3) is 3.09. The molecule has 0 atom stereocenters. The average Bonchev–Trinajstić information content (AvgIpc) is 2.40. The van der Waals surface area contributed by atoms with Gasteiger partial charge in [-0.15, -0.1) is 0 Å². The lowest BCUT2D eigenvalue weighted by atomic mass is 9.99. The summed E-state index contributed by atoms with van der Waals surface area (Å²) in [5.41, 5.74) is 1.72. The molecule has 0 spiro atoms. The third-order valence-corrected chi connectivity index (χ3v) is 2.93. The standard InChI is InChI=1S/C14H17NO2/c1-17-13-9-7-12(8-10-13)15-14(16)11-5-3-2-4-6-11/h5,7-10H,2-4,6H2,1H3,(H,15,16). The maximum absolute atomic E-state index is 11.9. The lowest BCUT2D eigenvalue weighted by molar-refractivity contribution is -0.113. The molecule has 0 bridgehead atoms. The van der Waals surface area contributed by atoms with Crippen molar-refractivity contribution in [1.82, 2.24) is 0 Å². The minimum absolute atomic E-state index is 0.0230. The summed E-state index contributed by atoms with van der Waals surface area (Å²) in [5.74, 6) is 0.815. The first-order valence-electron chi connectivity index (χ1n) is 5.94. The van der Waals surface area contributed by atoms with Crippen LogP contribution in [0.5, 0.6) is 5.75 Å². The Morgan fingerprint density at radius 2 is 2.00 bits per heavy atom. The molecule has 0 saturated heterocycles. The van der Waals surface area contributed by atoms with Crippen LogP contribution in [0.3, 0.4) is 0 Å². The van der Waals surface area contributed by atoms with E-state index in [0.29, 0.717) is 0 Å². The number of hydrogen-bond acceptors (Lipinski definition) is 2. The van der Waals surface area contributed by atoms with E-state index in [1.807, 2.05) is 30.3 Å². The van der Waals surface area contributed by atoms with Gasteiger partial charge in [-0.05, 0) is 49.9 Å². The number of nitrogens with one attached hydrogen (secondary N) is 1. The first kappa shape index (κ1) is 11.7. The summed E-state index contributed by atoms with van der Waals surface area (Å²) in [6, 6.07) is 7.37. The van der Waals surface area contributed by atoms with Crippen LogP contribution < -0.4 is 10.1 Å². The Morgan fingerprint density at radius 3 is 2.59 bits per heavy atom. The van der Waals surface area contributed by atoms with E-state index in [1.54, 1.807) is 7.11 Å². The number of carbonyl (C=O) groups is 1. The van der Waals surface area contributed by atoms with Gasteiger partial charge in [0.05, 0.1) is 7.11 Å². The topological polar surface area (TPSA) is 38.3 Å². The van der Waals surface area contributed by atoms with E-state index < -0.39 is 0 Å². The molecule has 17 heavy (non-hydrogen) atoms. The lowest BCUT2D eigenvalue weighted by Gasteiger charge is -2.12. The number of rotatable bonds is 3. The molecule has 0 heterocycles. The molecule has 90 valence electrons. The van der Waals surface area contributed by atoms with E-state index in [0.717, 1.165) is 36.3 Å². The SMILES string of the molecule is COc1ccc(NC(=O)C2=CCCCC2)cc1. The van der Waals surface area contributed by atoms with E-state index in [1.165, 1.54) is 6.42 Å². The summed E-state index contributed by atoms with van der Waals surface area (Å²) in [6.45, 7) is 0. The minimum Gasteiger partial charge on any atom is -0.497 e. The molecule has 3 nitrogen and oxygen atoms in total. The van der Waals surface area contributed by atoms with E-state index in [9.17, 15) is 4.79 Å². The summed E-state index contributed by atoms with van der Waals surface area (Å²) in [6.07, 6.45) is 6.26. The zero-order chi connectivity index (χ0) is 12.1. The Hall–Kier alpha value is -1.77. The molecule has 0 aliphatic heterocycles. The van der Waals surface area contributed by atoms with Crippen molar-refractivity contribution in [2.75, 3.05) is 12.4 Å². The van der Waals surface area contributed by atoms with Crippen LogP contribution in [-0.4, -0.2) is 13.0 Å².